The van der Waals surface area contributed by atoms with Crippen LogP contribution in [0.2, 0.25) is 0 Å². The number of hydrogen-bond donors (Lipinski definition) is 2. The molecule has 4 nitrogen and oxygen atoms in total. The Labute approximate surface area is 108 Å². The van der Waals surface area contributed by atoms with Gasteiger partial charge in [-0.2, -0.15) is 0 Å². The molecule has 1 atom stereocenters. The van der Waals surface area contributed by atoms with Gasteiger partial charge in [0.15, 0.2) is 0 Å². The highest BCUT2D eigenvalue weighted by molar-refractivity contribution is 5.76. The average Bonchev–Trinajstić information content (AvgIpc) is 2.39. The normalized spacial score (nSPS) is 20.8. The van der Waals surface area contributed by atoms with Crippen molar-refractivity contribution < 1.29 is 4.79 Å². The number of amides is 1. The number of benzene rings is 1. The van der Waals surface area contributed by atoms with Gasteiger partial charge in [-0.3, -0.25) is 9.69 Å². The molecule has 0 unspecified atom stereocenters. The van der Waals surface area contributed by atoms with Gasteiger partial charge in [-0.25, -0.2) is 0 Å². The summed E-state index contributed by atoms with van der Waals surface area (Å²) in [6.07, 6.45) is 1.97. The quantitative estimate of drug-likeness (QED) is 0.828. The van der Waals surface area contributed by atoms with Gasteiger partial charge in [-0.1, -0.05) is 24.3 Å². The van der Waals surface area contributed by atoms with Crippen molar-refractivity contribution >= 4 is 5.91 Å². The summed E-state index contributed by atoms with van der Waals surface area (Å²) in [4.78, 5) is 13.5. The van der Waals surface area contributed by atoms with E-state index in [1.807, 2.05) is 12.1 Å². The third-order valence-electron chi connectivity index (χ3n) is 3.54. The number of hydrogen-bond acceptors (Lipinski definition) is 3. The minimum atomic E-state index is -0.171. The Morgan fingerprint density at radius 2 is 2.17 bits per heavy atom. The molecule has 1 saturated heterocycles. The van der Waals surface area contributed by atoms with Crippen LogP contribution < -0.4 is 11.5 Å². The Kier molecular flexibility index (Phi) is 4.33. The molecule has 0 bridgehead atoms. The topological polar surface area (TPSA) is 72.3 Å². The summed E-state index contributed by atoms with van der Waals surface area (Å²) < 4.78 is 0. The second-order valence-electron chi connectivity index (χ2n) is 5.00. The number of likely N-dealkylation sites (tertiary alicyclic amines) is 1. The summed E-state index contributed by atoms with van der Waals surface area (Å²) in [5.74, 6) is -0.160. The molecule has 1 amide bonds. The van der Waals surface area contributed by atoms with E-state index in [0.717, 1.165) is 38.0 Å². The van der Waals surface area contributed by atoms with Crippen molar-refractivity contribution in [3.8, 4) is 0 Å². The van der Waals surface area contributed by atoms with Gasteiger partial charge in [-0.05, 0) is 30.5 Å². The maximum atomic E-state index is 11.2. The number of nitrogens with zero attached hydrogens (tertiary/aromatic N) is 1. The van der Waals surface area contributed by atoms with E-state index in [4.69, 9.17) is 11.5 Å². The molecule has 0 aromatic heterocycles. The Bertz CT molecular complexity index is 419. The van der Waals surface area contributed by atoms with Crippen molar-refractivity contribution in [3.63, 3.8) is 0 Å². The highest BCUT2D eigenvalue weighted by atomic mass is 16.1. The van der Waals surface area contributed by atoms with Gasteiger partial charge in [-0.15, -0.1) is 0 Å². The molecule has 4 N–H and O–H groups in total. The van der Waals surface area contributed by atoms with Crippen LogP contribution in [0.25, 0.3) is 0 Å². The minimum absolute atomic E-state index is 0.0106. The van der Waals surface area contributed by atoms with Crippen LogP contribution in [0, 0.1) is 5.92 Å². The minimum Gasteiger partial charge on any atom is -0.369 e. The summed E-state index contributed by atoms with van der Waals surface area (Å²) in [5.41, 5.74) is 13.4. The van der Waals surface area contributed by atoms with Gasteiger partial charge >= 0.3 is 0 Å². The Morgan fingerprint density at radius 1 is 1.39 bits per heavy atom. The van der Waals surface area contributed by atoms with Crippen LogP contribution in [0.3, 0.4) is 0 Å². The summed E-state index contributed by atoms with van der Waals surface area (Å²) in [5, 5.41) is 0. The lowest BCUT2D eigenvalue weighted by molar-refractivity contribution is -0.123. The van der Waals surface area contributed by atoms with Crippen LogP contribution in [-0.2, 0) is 17.9 Å². The molecule has 0 radical (unpaired) electrons. The monoisotopic (exact) mass is 247 g/mol. The van der Waals surface area contributed by atoms with Crippen molar-refractivity contribution in [1.82, 2.24) is 4.90 Å². The Hall–Kier alpha value is -1.39. The van der Waals surface area contributed by atoms with Gasteiger partial charge in [0.2, 0.25) is 5.91 Å². The largest absolute Gasteiger partial charge is 0.369 e. The first-order valence-electron chi connectivity index (χ1n) is 6.48. The van der Waals surface area contributed by atoms with Gasteiger partial charge in [0, 0.05) is 19.6 Å². The van der Waals surface area contributed by atoms with Crippen LogP contribution in [-0.4, -0.2) is 23.9 Å². The van der Waals surface area contributed by atoms with Crippen LogP contribution in [0.4, 0.5) is 0 Å². The van der Waals surface area contributed by atoms with Gasteiger partial charge in [0.1, 0.15) is 0 Å². The molecule has 4 heteroatoms. The lowest BCUT2D eigenvalue weighted by Crippen LogP contribution is -2.40. The number of primary amides is 1. The Morgan fingerprint density at radius 3 is 2.89 bits per heavy atom. The van der Waals surface area contributed by atoms with E-state index in [9.17, 15) is 4.79 Å². The predicted molar refractivity (Wildman–Crippen MR) is 71.5 cm³/mol. The predicted octanol–water partition coefficient (Wildman–Crippen LogP) is 0.843. The fraction of sp³-hybridized carbons (Fsp3) is 0.500. The highest BCUT2D eigenvalue weighted by Crippen LogP contribution is 2.18. The van der Waals surface area contributed by atoms with E-state index in [1.54, 1.807) is 0 Å². The third-order valence-corrected chi connectivity index (χ3v) is 3.54. The molecule has 1 fully saturated rings. The molecule has 98 valence electrons. The molecule has 0 aliphatic carbocycles. The lowest BCUT2D eigenvalue weighted by atomic mass is 9.97. The standard InChI is InChI=1S/C14H21N3O/c15-8-11-3-1-4-12(7-11)9-17-6-2-5-13(10-17)14(16)18/h1,3-4,7,13H,2,5-6,8-10,15H2,(H2,16,18)/t13-/m0/s1. The van der Waals surface area contributed by atoms with E-state index < -0.39 is 0 Å². The van der Waals surface area contributed by atoms with E-state index in [1.165, 1.54) is 5.56 Å². The molecular weight excluding hydrogens is 226 g/mol. The molecule has 2 rings (SSSR count). The summed E-state index contributed by atoms with van der Waals surface area (Å²) in [7, 11) is 0. The number of nitrogens with two attached hydrogens (primary N) is 2. The molecule has 1 aliphatic rings. The molecule has 1 aromatic rings. The third kappa shape index (κ3) is 3.31. The molecule has 1 aliphatic heterocycles. The highest BCUT2D eigenvalue weighted by Gasteiger charge is 2.23. The number of carbonyl (C=O) groups is 1. The first-order chi connectivity index (χ1) is 8.69. The number of rotatable bonds is 4. The van der Waals surface area contributed by atoms with Gasteiger partial charge < -0.3 is 11.5 Å². The molecule has 0 saturated carbocycles. The van der Waals surface area contributed by atoms with Crippen LogP contribution >= 0.6 is 0 Å². The van der Waals surface area contributed by atoms with Crippen molar-refractivity contribution in [3.05, 3.63) is 35.4 Å². The lowest BCUT2D eigenvalue weighted by Gasteiger charge is -2.31. The van der Waals surface area contributed by atoms with E-state index in [-0.39, 0.29) is 11.8 Å². The second-order valence-corrected chi connectivity index (χ2v) is 5.00. The zero-order valence-corrected chi connectivity index (χ0v) is 10.6. The maximum absolute atomic E-state index is 11.2. The Balaban J connectivity index is 1.97. The van der Waals surface area contributed by atoms with Gasteiger partial charge in [0.25, 0.3) is 0 Å². The summed E-state index contributed by atoms with van der Waals surface area (Å²) >= 11 is 0. The summed E-state index contributed by atoms with van der Waals surface area (Å²) in [6, 6.07) is 8.31. The first-order valence-corrected chi connectivity index (χ1v) is 6.48. The molecule has 0 spiro atoms. The maximum Gasteiger partial charge on any atom is 0.221 e. The smallest absolute Gasteiger partial charge is 0.221 e. The zero-order chi connectivity index (χ0) is 13.0. The molecule has 1 aromatic carbocycles. The van der Waals surface area contributed by atoms with Crippen molar-refractivity contribution in [1.29, 1.82) is 0 Å². The summed E-state index contributed by atoms with van der Waals surface area (Å²) in [6.45, 7) is 3.26. The number of carbonyl (C=O) groups excluding carboxylic acids is 1. The van der Waals surface area contributed by atoms with E-state index in [2.05, 4.69) is 17.0 Å². The second kappa shape index (κ2) is 5.98. The van der Waals surface area contributed by atoms with Crippen molar-refractivity contribution in [2.75, 3.05) is 13.1 Å². The fourth-order valence-corrected chi connectivity index (χ4v) is 2.54. The first kappa shape index (κ1) is 13.1. The van der Waals surface area contributed by atoms with Crippen molar-refractivity contribution in [2.45, 2.75) is 25.9 Å². The van der Waals surface area contributed by atoms with Crippen molar-refractivity contribution in [2.24, 2.45) is 17.4 Å². The van der Waals surface area contributed by atoms with E-state index in [0.29, 0.717) is 6.54 Å². The van der Waals surface area contributed by atoms with Crippen LogP contribution in [0.5, 0.6) is 0 Å². The SMILES string of the molecule is NCc1cccc(CN2CCC[C@H](C(N)=O)C2)c1. The number of piperidine rings is 1. The van der Waals surface area contributed by atoms with Crippen LogP contribution in [0.15, 0.2) is 24.3 Å². The van der Waals surface area contributed by atoms with Gasteiger partial charge in [0.05, 0.1) is 5.92 Å². The van der Waals surface area contributed by atoms with Crippen LogP contribution in [0.1, 0.15) is 24.0 Å². The molecular formula is C14H21N3O. The zero-order valence-electron chi connectivity index (χ0n) is 10.6. The molecule has 18 heavy (non-hydrogen) atoms. The van der Waals surface area contributed by atoms with E-state index >= 15 is 0 Å². The average molecular weight is 247 g/mol. The fourth-order valence-electron chi connectivity index (χ4n) is 2.54. The molecule has 1 heterocycles.